The number of rotatable bonds is 3. The lowest BCUT2D eigenvalue weighted by molar-refractivity contribution is -0.153. The van der Waals surface area contributed by atoms with Crippen molar-refractivity contribution in [1.29, 1.82) is 0 Å². The van der Waals surface area contributed by atoms with Crippen molar-refractivity contribution in [2.24, 2.45) is 16.7 Å². The van der Waals surface area contributed by atoms with Gasteiger partial charge in [-0.05, 0) is 37.0 Å². The number of carboxylic acids is 1. The highest BCUT2D eigenvalue weighted by Crippen LogP contribution is 2.40. The fourth-order valence-electron chi connectivity index (χ4n) is 3.38. The first-order chi connectivity index (χ1) is 9.74. The van der Waals surface area contributed by atoms with Crippen molar-refractivity contribution in [1.82, 2.24) is 10.2 Å². The topological polar surface area (TPSA) is 69.6 Å². The number of amides is 2. The molecule has 21 heavy (non-hydrogen) atoms. The fraction of sp³-hybridized carbons (Fsp3) is 0.875. The van der Waals surface area contributed by atoms with E-state index in [-0.39, 0.29) is 12.6 Å². The molecule has 5 heteroatoms. The van der Waals surface area contributed by atoms with E-state index in [1.807, 2.05) is 4.90 Å². The Morgan fingerprint density at radius 1 is 1.24 bits per heavy atom. The van der Waals surface area contributed by atoms with Crippen LogP contribution in [0.5, 0.6) is 0 Å². The zero-order chi connectivity index (χ0) is 15.7. The molecule has 1 saturated heterocycles. The number of hydrogen-bond donors (Lipinski definition) is 2. The Morgan fingerprint density at radius 3 is 2.19 bits per heavy atom. The van der Waals surface area contributed by atoms with Gasteiger partial charge in [-0.1, -0.05) is 27.2 Å². The highest BCUT2D eigenvalue weighted by molar-refractivity contribution is 5.79. The molecule has 0 bridgehead atoms. The third kappa shape index (κ3) is 3.50. The quantitative estimate of drug-likeness (QED) is 0.841. The molecular weight excluding hydrogens is 268 g/mol. The van der Waals surface area contributed by atoms with E-state index in [1.54, 1.807) is 0 Å². The summed E-state index contributed by atoms with van der Waals surface area (Å²) in [5.41, 5.74) is -0.415. The van der Waals surface area contributed by atoms with Gasteiger partial charge >= 0.3 is 12.0 Å². The van der Waals surface area contributed by atoms with Crippen LogP contribution in [0.2, 0.25) is 0 Å². The molecule has 0 radical (unpaired) electrons. The number of nitrogens with one attached hydrogen (secondary N) is 1. The number of carbonyl (C=O) groups excluding carboxylic acids is 1. The zero-order valence-electron chi connectivity index (χ0n) is 13.4. The first kappa shape index (κ1) is 16.1. The minimum atomic E-state index is -0.777. The van der Waals surface area contributed by atoms with Crippen LogP contribution >= 0.6 is 0 Å². The van der Waals surface area contributed by atoms with E-state index in [4.69, 9.17) is 0 Å². The van der Waals surface area contributed by atoms with Gasteiger partial charge < -0.3 is 15.3 Å². The Kier molecular flexibility index (Phi) is 4.49. The molecule has 1 heterocycles. The van der Waals surface area contributed by atoms with Crippen LogP contribution in [-0.2, 0) is 4.79 Å². The van der Waals surface area contributed by atoms with Gasteiger partial charge in [0.25, 0.3) is 0 Å². The van der Waals surface area contributed by atoms with E-state index in [2.05, 4.69) is 26.1 Å². The molecule has 0 unspecified atom stereocenters. The molecule has 1 aliphatic heterocycles. The predicted molar refractivity (Wildman–Crippen MR) is 81.1 cm³/mol. The maximum absolute atomic E-state index is 12.2. The smallest absolute Gasteiger partial charge is 0.317 e. The van der Waals surface area contributed by atoms with Gasteiger partial charge in [-0.25, -0.2) is 4.79 Å². The summed E-state index contributed by atoms with van der Waals surface area (Å²) in [6, 6.07) is -0.102. The average molecular weight is 296 g/mol. The van der Waals surface area contributed by atoms with Crippen LogP contribution in [0, 0.1) is 16.7 Å². The Bertz CT molecular complexity index is 402. The van der Waals surface area contributed by atoms with Crippen LogP contribution < -0.4 is 5.32 Å². The third-order valence-corrected chi connectivity index (χ3v) is 5.35. The van der Waals surface area contributed by atoms with Crippen LogP contribution in [0.3, 0.4) is 0 Å². The molecule has 0 aromatic carbocycles. The number of nitrogens with zero attached hydrogens (tertiary/aromatic N) is 1. The van der Waals surface area contributed by atoms with Crippen molar-refractivity contribution >= 4 is 12.0 Å². The summed E-state index contributed by atoms with van der Waals surface area (Å²) in [4.78, 5) is 25.3. The molecule has 2 fully saturated rings. The van der Waals surface area contributed by atoms with Crippen LogP contribution in [0.15, 0.2) is 0 Å². The van der Waals surface area contributed by atoms with E-state index >= 15 is 0 Å². The number of carboxylic acid groups (broad SMARTS) is 1. The summed E-state index contributed by atoms with van der Waals surface area (Å²) in [5, 5.41) is 12.1. The van der Waals surface area contributed by atoms with Crippen molar-refractivity contribution in [2.45, 2.75) is 52.9 Å². The van der Waals surface area contributed by atoms with Gasteiger partial charge in [-0.2, -0.15) is 0 Å². The fourth-order valence-corrected chi connectivity index (χ4v) is 3.38. The van der Waals surface area contributed by atoms with Crippen LogP contribution in [0.4, 0.5) is 4.79 Å². The average Bonchev–Trinajstić information content (AvgIpc) is 2.36. The Balaban J connectivity index is 1.79. The maximum atomic E-state index is 12.2. The Labute approximate surface area is 127 Å². The second-order valence-electron chi connectivity index (χ2n) is 7.73. The normalized spacial score (nSPS) is 22.5. The molecule has 120 valence electrons. The lowest BCUT2D eigenvalue weighted by atomic mass is 9.69. The lowest BCUT2D eigenvalue weighted by Crippen LogP contribution is -2.52. The molecule has 2 rings (SSSR count). The molecule has 1 saturated carbocycles. The van der Waals surface area contributed by atoms with E-state index in [1.165, 1.54) is 0 Å². The monoisotopic (exact) mass is 296 g/mol. The molecule has 2 aliphatic rings. The van der Waals surface area contributed by atoms with Crippen molar-refractivity contribution in [3.05, 3.63) is 0 Å². The van der Waals surface area contributed by atoms with Crippen molar-refractivity contribution in [2.75, 3.05) is 19.6 Å². The highest BCUT2D eigenvalue weighted by atomic mass is 16.4. The maximum Gasteiger partial charge on any atom is 0.317 e. The van der Waals surface area contributed by atoms with Gasteiger partial charge in [0, 0.05) is 19.6 Å². The van der Waals surface area contributed by atoms with Gasteiger partial charge in [0.1, 0.15) is 0 Å². The predicted octanol–water partition coefficient (Wildman–Crippen LogP) is 2.71. The second kappa shape index (κ2) is 5.85. The summed E-state index contributed by atoms with van der Waals surface area (Å²) < 4.78 is 0. The van der Waals surface area contributed by atoms with Gasteiger partial charge in [0.15, 0.2) is 0 Å². The molecule has 2 N–H and O–H groups in total. The highest BCUT2D eigenvalue weighted by Gasteiger charge is 2.44. The largest absolute Gasteiger partial charge is 0.481 e. The Morgan fingerprint density at radius 2 is 1.81 bits per heavy atom. The molecule has 0 atom stereocenters. The summed E-state index contributed by atoms with van der Waals surface area (Å²) in [7, 11) is 0. The van der Waals surface area contributed by atoms with E-state index in [0.29, 0.717) is 24.2 Å². The molecule has 0 spiro atoms. The van der Waals surface area contributed by atoms with Crippen LogP contribution in [0.25, 0.3) is 0 Å². The lowest BCUT2D eigenvalue weighted by Gasteiger charge is -2.40. The summed E-state index contributed by atoms with van der Waals surface area (Å²) in [6.45, 7) is 8.56. The van der Waals surface area contributed by atoms with E-state index in [0.717, 1.165) is 32.4 Å². The Hall–Kier alpha value is -1.26. The SMILES string of the molecule is CC(C)(C)C1CCN(C(=O)NCC2(C(=O)O)CCC2)CC1. The number of piperidine rings is 1. The summed E-state index contributed by atoms with van der Waals surface area (Å²) in [5.74, 6) is -0.126. The number of likely N-dealkylation sites (tertiary alicyclic amines) is 1. The first-order valence-corrected chi connectivity index (χ1v) is 8.01. The van der Waals surface area contributed by atoms with Gasteiger partial charge in [0.05, 0.1) is 5.41 Å². The van der Waals surface area contributed by atoms with Crippen LogP contribution in [0.1, 0.15) is 52.9 Å². The standard InChI is InChI=1S/C16H28N2O3/c1-15(2,3)12-5-9-18(10-6-12)14(21)17-11-16(13(19)20)7-4-8-16/h12H,4-11H2,1-3H3,(H,17,21)(H,19,20). The second-order valence-corrected chi connectivity index (χ2v) is 7.73. The van der Waals surface area contributed by atoms with Crippen LogP contribution in [-0.4, -0.2) is 41.6 Å². The zero-order valence-corrected chi connectivity index (χ0v) is 13.4. The molecule has 2 amide bonds. The number of aliphatic carboxylic acids is 1. The minimum absolute atomic E-state index is 0.102. The van der Waals surface area contributed by atoms with Crippen molar-refractivity contribution < 1.29 is 14.7 Å². The van der Waals surface area contributed by atoms with E-state index in [9.17, 15) is 14.7 Å². The van der Waals surface area contributed by atoms with Gasteiger partial charge in [-0.3, -0.25) is 4.79 Å². The van der Waals surface area contributed by atoms with Crippen molar-refractivity contribution in [3.63, 3.8) is 0 Å². The number of carbonyl (C=O) groups is 2. The summed E-state index contributed by atoms with van der Waals surface area (Å²) >= 11 is 0. The minimum Gasteiger partial charge on any atom is -0.481 e. The van der Waals surface area contributed by atoms with Gasteiger partial charge in [0.2, 0.25) is 0 Å². The van der Waals surface area contributed by atoms with Gasteiger partial charge in [-0.15, -0.1) is 0 Å². The third-order valence-electron chi connectivity index (χ3n) is 5.35. The molecular formula is C16H28N2O3. The number of hydrogen-bond acceptors (Lipinski definition) is 2. The van der Waals surface area contributed by atoms with Crippen molar-refractivity contribution in [3.8, 4) is 0 Å². The van der Waals surface area contributed by atoms with E-state index < -0.39 is 11.4 Å². The first-order valence-electron chi connectivity index (χ1n) is 8.01. The molecule has 0 aromatic heterocycles. The molecule has 1 aliphatic carbocycles. The summed E-state index contributed by atoms with van der Waals surface area (Å²) in [6.07, 6.45) is 4.35. The molecule has 0 aromatic rings. The molecule has 5 nitrogen and oxygen atoms in total. The number of urea groups is 1.